The first kappa shape index (κ1) is 17.4. The molecule has 130 valence electrons. The second-order valence-electron chi connectivity index (χ2n) is 8.16. The van der Waals surface area contributed by atoms with Crippen molar-refractivity contribution in [3.8, 4) is 11.8 Å². The number of carboxylic acid groups (broad SMARTS) is 1. The molecule has 4 nitrogen and oxygen atoms in total. The molecule has 3 rings (SSSR count). The van der Waals surface area contributed by atoms with Gasteiger partial charge in [0.15, 0.2) is 0 Å². The lowest BCUT2D eigenvalue weighted by Gasteiger charge is -2.39. The second kappa shape index (κ2) is 6.15. The Bertz CT molecular complexity index is 848. The molecule has 1 heterocycles. The van der Waals surface area contributed by atoms with Gasteiger partial charge in [0.1, 0.15) is 5.69 Å². The zero-order valence-corrected chi connectivity index (χ0v) is 15.3. The molecule has 25 heavy (non-hydrogen) atoms. The highest BCUT2D eigenvalue weighted by Gasteiger charge is 2.39. The fraction of sp³-hybridized carbons (Fsp3) is 0.476. The van der Waals surface area contributed by atoms with Crippen LogP contribution in [0.15, 0.2) is 29.5 Å². The SMILES string of the molecule is CC1(C)CCC(C)(C)c2nc(C#CC3=CC=C(C(=O)O)CC3)cnc21. The molecule has 4 heteroatoms. The van der Waals surface area contributed by atoms with Crippen LogP contribution in [0.2, 0.25) is 0 Å². The van der Waals surface area contributed by atoms with Crippen molar-refractivity contribution in [3.05, 3.63) is 46.6 Å². The second-order valence-corrected chi connectivity index (χ2v) is 8.16. The van der Waals surface area contributed by atoms with Gasteiger partial charge in [-0.05, 0) is 31.6 Å². The molecule has 0 spiro atoms. The predicted molar refractivity (Wildman–Crippen MR) is 97.2 cm³/mol. The number of hydrogen-bond donors (Lipinski definition) is 1. The monoisotopic (exact) mass is 336 g/mol. The summed E-state index contributed by atoms with van der Waals surface area (Å²) in [6, 6.07) is 0. The Balaban J connectivity index is 1.91. The van der Waals surface area contributed by atoms with E-state index in [2.05, 4.69) is 39.5 Å². The smallest absolute Gasteiger partial charge is 0.331 e. The molecular formula is C21H24N2O2. The van der Waals surface area contributed by atoms with Gasteiger partial charge in [0.2, 0.25) is 0 Å². The van der Waals surface area contributed by atoms with E-state index in [9.17, 15) is 4.79 Å². The van der Waals surface area contributed by atoms with Gasteiger partial charge in [0.05, 0.1) is 17.6 Å². The average Bonchev–Trinajstić information content (AvgIpc) is 2.57. The summed E-state index contributed by atoms with van der Waals surface area (Å²) in [5.41, 5.74) is 4.25. The summed E-state index contributed by atoms with van der Waals surface area (Å²) in [7, 11) is 0. The summed E-state index contributed by atoms with van der Waals surface area (Å²) in [4.78, 5) is 20.4. The molecule has 0 saturated heterocycles. The minimum absolute atomic E-state index is 0.0127. The number of fused-ring (bicyclic) bond motifs is 1. The van der Waals surface area contributed by atoms with E-state index in [1.54, 1.807) is 18.3 Å². The number of nitrogens with zero attached hydrogens (tertiary/aromatic N) is 2. The zero-order chi connectivity index (χ0) is 18.2. The number of rotatable bonds is 1. The van der Waals surface area contributed by atoms with Crippen LogP contribution in [-0.4, -0.2) is 21.0 Å². The molecule has 0 radical (unpaired) electrons. The van der Waals surface area contributed by atoms with Crippen molar-refractivity contribution < 1.29 is 9.90 Å². The van der Waals surface area contributed by atoms with Crippen molar-refractivity contribution in [2.24, 2.45) is 0 Å². The lowest BCUT2D eigenvalue weighted by atomic mass is 9.67. The standard InChI is InChI=1S/C21H24N2O2/c1-20(2)11-12-21(3,4)18-17(20)22-13-16(23-18)10-7-14-5-8-15(9-6-14)19(24)25/h5,8,13H,6,9,11-12H2,1-4H3,(H,24,25). The van der Waals surface area contributed by atoms with Gasteiger partial charge < -0.3 is 5.11 Å². The van der Waals surface area contributed by atoms with Crippen molar-refractivity contribution in [3.63, 3.8) is 0 Å². The number of aliphatic carboxylic acids is 1. The Morgan fingerprint density at radius 2 is 1.72 bits per heavy atom. The highest BCUT2D eigenvalue weighted by molar-refractivity contribution is 5.87. The molecule has 0 unspecified atom stereocenters. The Labute approximate surface area is 149 Å². The van der Waals surface area contributed by atoms with E-state index in [1.807, 2.05) is 0 Å². The summed E-state index contributed by atoms with van der Waals surface area (Å²) in [5.74, 6) is 5.38. The summed E-state index contributed by atoms with van der Waals surface area (Å²) < 4.78 is 0. The summed E-state index contributed by atoms with van der Waals surface area (Å²) in [6.07, 6.45) is 8.56. The first-order valence-corrected chi connectivity index (χ1v) is 8.72. The van der Waals surface area contributed by atoms with Crippen LogP contribution < -0.4 is 0 Å². The van der Waals surface area contributed by atoms with E-state index in [-0.39, 0.29) is 10.8 Å². The third-order valence-corrected chi connectivity index (χ3v) is 5.20. The predicted octanol–water partition coefficient (Wildman–Crippen LogP) is 3.91. The van der Waals surface area contributed by atoms with E-state index < -0.39 is 5.97 Å². The number of aromatic nitrogens is 2. The minimum atomic E-state index is -0.853. The third-order valence-electron chi connectivity index (χ3n) is 5.20. The van der Waals surface area contributed by atoms with Crippen LogP contribution in [0.5, 0.6) is 0 Å². The van der Waals surface area contributed by atoms with Crippen LogP contribution in [-0.2, 0) is 15.6 Å². The van der Waals surface area contributed by atoms with Crippen molar-refractivity contribution in [1.29, 1.82) is 0 Å². The molecule has 0 amide bonds. The largest absolute Gasteiger partial charge is 0.478 e. The van der Waals surface area contributed by atoms with Crippen molar-refractivity contribution in [2.45, 2.75) is 64.2 Å². The molecular weight excluding hydrogens is 312 g/mol. The van der Waals surface area contributed by atoms with Crippen molar-refractivity contribution in [2.75, 3.05) is 0 Å². The Morgan fingerprint density at radius 3 is 2.32 bits per heavy atom. The van der Waals surface area contributed by atoms with Crippen LogP contribution in [0.4, 0.5) is 0 Å². The Morgan fingerprint density at radius 1 is 1.04 bits per heavy atom. The zero-order valence-electron chi connectivity index (χ0n) is 15.3. The lowest BCUT2D eigenvalue weighted by molar-refractivity contribution is -0.132. The average molecular weight is 336 g/mol. The van der Waals surface area contributed by atoms with Gasteiger partial charge in [-0.1, -0.05) is 45.8 Å². The summed E-state index contributed by atoms with van der Waals surface area (Å²) in [5, 5.41) is 8.98. The fourth-order valence-electron chi connectivity index (χ4n) is 3.34. The van der Waals surface area contributed by atoms with E-state index in [0.29, 0.717) is 24.1 Å². The van der Waals surface area contributed by atoms with Crippen LogP contribution in [0.1, 0.15) is 70.5 Å². The van der Waals surface area contributed by atoms with E-state index in [0.717, 1.165) is 29.8 Å². The number of hydrogen-bond acceptors (Lipinski definition) is 3. The summed E-state index contributed by atoms with van der Waals surface area (Å²) in [6.45, 7) is 8.88. The highest BCUT2D eigenvalue weighted by Crippen LogP contribution is 2.43. The fourth-order valence-corrected chi connectivity index (χ4v) is 3.34. The van der Waals surface area contributed by atoms with E-state index >= 15 is 0 Å². The maximum absolute atomic E-state index is 10.9. The Kier molecular flexibility index (Phi) is 4.28. The molecule has 2 aliphatic carbocycles. The van der Waals surface area contributed by atoms with Gasteiger partial charge in [-0.2, -0.15) is 0 Å². The van der Waals surface area contributed by atoms with Crippen LogP contribution in [0.25, 0.3) is 0 Å². The highest BCUT2D eigenvalue weighted by atomic mass is 16.4. The molecule has 1 N–H and O–H groups in total. The Hall–Kier alpha value is -2.41. The molecule has 0 aromatic carbocycles. The van der Waals surface area contributed by atoms with Crippen LogP contribution >= 0.6 is 0 Å². The van der Waals surface area contributed by atoms with Gasteiger partial charge in [-0.3, -0.25) is 4.98 Å². The molecule has 1 aromatic rings. The molecule has 2 aliphatic rings. The first-order chi connectivity index (χ1) is 11.7. The quantitative estimate of drug-likeness (QED) is 0.790. The maximum atomic E-state index is 10.9. The van der Waals surface area contributed by atoms with Crippen molar-refractivity contribution in [1.82, 2.24) is 9.97 Å². The number of carboxylic acids is 1. The molecule has 0 saturated carbocycles. The molecule has 0 aliphatic heterocycles. The molecule has 0 fully saturated rings. The summed E-state index contributed by atoms with van der Waals surface area (Å²) >= 11 is 0. The number of carbonyl (C=O) groups is 1. The van der Waals surface area contributed by atoms with Gasteiger partial charge in [-0.25, -0.2) is 9.78 Å². The topological polar surface area (TPSA) is 63.1 Å². The maximum Gasteiger partial charge on any atom is 0.331 e. The molecule has 0 atom stereocenters. The van der Waals surface area contributed by atoms with Gasteiger partial charge in [0.25, 0.3) is 0 Å². The van der Waals surface area contributed by atoms with Gasteiger partial charge in [0, 0.05) is 22.0 Å². The van der Waals surface area contributed by atoms with Gasteiger partial charge >= 0.3 is 5.97 Å². The third kappa shape index (κ3) is 3.51. The van der Waals surface area contributed by atoms with Crippen molar-refractivity contribution >= 4 is 5.97 Å². The molecule has 1 aromatic heterocycles. The normalized spacial score (nSPS) is 20.5. The van der Waals surface area contributed by atoms with Crippen LogP contribution in [0.3, 0.4) is 0 Å². The minimum Gasteiger partial charge on any atom is -0.478 e. The van der Waals surface area contributed by atoms with Gasteiger partial charge in [-0.15, -0.1) is 0 Å². The lowest BCUT2D eigenvalue weighted by Crippen LogP contribution is -2.36. The van der Waals surface area contributed by atoms with E-state index in [4.69, 9.17) is 15.1 Å². The number of allylic oxidation sites excluding steroid dienone is 3. The van der Waals surface area contributed by atoms with E-state index in [1.165, 1.54) is 0 Å². The first-order valence-electron chi connectivity index (χ1n) is 8.72. The van der Waals surface area contributed by atoms with Crippen LogP contribution in [0, 0.1) is 11.8 Å². The molecule has 0 bridgehead atoms.